The van der Waals surface area contributed by atoms with Gasteiger partial charge in [0, 0.05) is 25.6 Å². The highest BCUT2D eigenvalue weighted by molar-refractivity contribution is 5.74. The van der Waals surface area contributed by atoms with E-state index in [2.05, 4.69) is 5.32 Å². The van der Waals surface area contributed by atoms with Crippen LogP contribution in [0.1, 0.15) is 40.5 Å². The van der Waals surface area contributed by atoms with Crippen LogP contribution < -0.4 is 5.32 Å². The first-order chi connectivity index (χ1) is 7.70. The molecule has 1 atom stereocenters. The Morgan fingerprint density at radius 2 is 1.94 bits per heavy atom. The molecule has 0 aromatic carbocycles. The first kappa shape index (κ1) is 15.7. The second-order valence-corrected chi connectivity index (χ2v) is 5.11. The van der Waals surface area contributed by atoms with Gasteiger partial charge in [-0.2, -0.15) is 0 Å². The monoisotopic (exact) mass is 244 g/mol. The van der Waals surface area contributed by atoms with Crippen molar-refractivity contribution in [2.75, 3.05) is 13.6 Å². The lowest BCUT2D eigenvalue weighted by atomic mass is 10.0. The van der Waals surface area contributed by atoms with E-state index in [9.17, 15) is 9.59 Å². The number of nitrogens with zero attached hydrogens (tertiary/aromatic N) is 1. The number of carboxylic acid groups (broad SMARTS) is 1. The van der Waals surface area contributed by atoms with E-state index in [0.29, 0.717) is 6.54 Å². The highest BCUT2D eigenvalue weighted by Crippen LogP contribution is 2.16. The summed E-state index contributed by atoms with van der Waals surface area (Å²) in [6.45, 7) is 8.20. The maximum atomic E-state index is 11.8. The molecule has 0 rings (SSSR count). The summed E-state index contributed by atoms with van der Waals surface area (Å²) in [5.41, 5.74) is -0.194. The van der Waals surface area contributed by atoms with Crippen molar-refractivity contribution in [2.45, 2.75) is 46.1 Å². The number of urea groups is 1. The second-order valence-electron chi connectivity index (χ2n) is 5.11. The van der Waals surface area contributed by atoms with Crippen LogP contribution in [0.2, 0.25) is 0 Å². The van der Waals surface area contributed by atoms with E-state index < -0.39 is 5.97 Å². The van der Waals surface area contributed by atoms with Crippen molar-refractivity contribution in [1.82, 2.24) is 10.2 Å². The van der Waals surface area contributed by atoms with Gasteiger partial charge in [-0.3, -0.25) is 4.79 Å². The molecule has 0 aliphatic rings. The van der Waals surface area contributed by atoms with E-state index >= 15 is 0 Å². The van der Waals surface area contributed by atoms with E-state index in [1.165, 1.54) is 0 Å². The van der Waals surface area contributed by atoms with Crippen LogP contribution >= 0.6 is 0 Å². The van der Waals surface area contributed by atoms with Gasteiger partial charge in [0.15, 0.2) is 0 Å². The zero-order valence-corrected chi connectivity index (χ0v) is 11.4. The predicted molar refractivity (Wildman–Crippen MR) is 66.9 cm³/mol. The van der Waals surface area contributed by atoms with Crippen LogP contribution in [0.4, 0.5) is 4.79 Å². The molecule has 0 bridgehead atoms. The van der Waals surface area contributed by atoms with Gasteiger partial charge in [-0.15, -0.1) is 0 Å². The maximum absolute atomic E-state index is 11.8. The molecule has 0 aliphatic heterocycles. The molecule has 100 valence electrons. The van der Waals surface area contributed by atoms with Crippen LogP contribution in [-0.4, -0.2) is 41.1 Å². The number of amides is 2. The lowest BCUT2D eigenvalue weighted by Gasteiger charge is -2.35. The summed E-state index contributed by atoms with van der Waals surface area (Å²) in [5, 5.41) is 11.4. The number of carbonyl (C=O) groups is 2. The van der Waals surface area contributed by atoms with Gasteiger partial charge in [-0.1, -0.05) is 13.8 Å². The van der Waals surface area contributed by atoms with E-state index in [1.54, 1.807) is 18.9 Å². The number of carboxylic acids is 1. The summed E-state index contributed by atoms with van der Waals surface area (Å²) in [4.78, 5) is 23.9. The van der Waals surface area contributed by atoms with Crippen molar-refractivity contribution >= 4 is 12.0 Å². The third-order valence-corrected chi connectivity index (χ3v) is 3.20. The van der Waals surface area contributed by atoms with Crippen LogP contribution in [0.3, 0.4) is 0 Å². The lowest BCUT2D eigenvalue weighted by Crippen LogP contribution is -2.50. The summed E-state index contributed by atoms with van der Waals surface area (Å²) in [6.07, 6.45) is 0.933. The molecule has 17 heavy (non-hydrogen) atoms. The fourth-order valence-corrected chi connectivity index (χ4v) is 1.26. The quantitative estimate of drug-likeness (QED) is 0.750. The molecule has 2 N–H and O–H groups in total. The molecule has 1 unspecified atom stereocenters. The van der Waals surface area contributed by atoms with Gasteiger partial charge in [0.1, 0.15) is 0 Å². The standard InChI is InChI=1S/C12H24N2O3/c1-6-12(3,4)14(5)11(17)13-8-9(2)7-10(15)16/h9H,6-8H2,1-5H3,(H,13,17)(H,15,16). The highest BCUT2D eigenvalue weighted by Gasteiger charge is 2.25. The Kier molecular flexibility index (Phi) is 5.99. The van der Waals surface area contributed by atoms with Crippen molar-refractivity contribution in [3.63, 3.8) is 0 Å². The molecule has 2 amide bonds. The molecule has 5 nitrogen and oxygen atoms in total. The number of nitrogens with one attached hydrogen (secondary N) is 1. The van der Waals surface area contributed by atoms with E-state index in [0.717, 1.165) is 6.42 Å². The van der Waals surface area contributed by atoms with Crippen molar-refractivity contribution in [1.29, 1.82) is 0 Å². The van der Waals surface area contributed by atoms with Crippen LogP contribution in [0.15, 0.2) is 0 Å². The first-order valence-corrected chi connectivity index (χ1v) is 5.94. The third-order valence-electron chi connectivity index (χ3n) is 3.20. The minimum Gasteiger partial charge on any atom is -0.481 e. The summed E-state index contributed by atoms with van der Waals surface area (Å²) < 4.78 is 0. The molecule has 0 fully saturated rings. The number of aliphatic carboxylic acids is 1. The SMILES string of the molecule is CCC(C)(C)N(C)C(=O)NCC(C)CC(=O)O. The molecule has 5 heteroatoms. The summed E-state index contributed by atoms with van der Waals surface area (Å²) in [7, 11) is 1.75. The fraction of sp³-hybridized carbons (Fsp3) is 0.833. The Balaban J connectivity index is 4.14. The Hall–Kier alpha value is -1.26. The largest absolute Gasteiger partial charge is 0.481 e. The van der Waals surface area contributed by atoms with Gasteiger partial charge in [0.2, 0.25) is 0 Å². The Labute approximate surface area is 103 Å². The number of rotatable bonds is 6. The first-order valence-electron chi connectivity index (χ1n) is 5.94. The van der Waals surface area contributed by atoms with Crippen molar-refractivity contribution in [3.8, 4) is 0 Å². The zero-order chi connectivity index (χ0) is 13.6. The average Bonchev–Trinajstić information content (AvgIpc) is 2.23. The van der Waals surface area contributed by atoms with Gasteiger partial charge < -0.3 is 15.3 Å². The smallest absolute Gasteiger partial charge is 0.317 e. The van der Waals surface area contributed by atoms with Gasteiger partial charge in [0.25, 0.3) is 0 Å². The molecule has 0 saturated heterocycles. The number of hydrogen-bond donors (Lipinski definition) is 2. The zero-order valence-electron chi connectivity index (χ0n) is 11.4. The molecule has 0 saturated carbocycles. The highest BCUT2D eigenvalue weighted by atomic mass is 16.4. The van der Waals surface area contributed by atoms with Crippen LogP contribution in [-0.2, 0) is 4.79 Å². The van der Waals surface area contributed by atoms with E-state index in [-0.39, 0.29) is 23.9 Å². The summed E-state index contributed by atoms with van der Waals surface area (Å²) in [5.74, 6) is -0.899. The van der Waals surface area contributed by atoms with Crippen LogP contribution in [0.5, 0.6) is 0 Å². The van der Waals surface area contributed by atoms with E-state index in [4.69, 9.17) is 5.11 Å². The van der Waals surface area contributed by atoms with Crippen molar-refractivity contribution in [3.05, 3.63) is 0 Å². The normalized spacial score (nSPS) is 13.0. The van der Waals surface area contributed by atoms with Gasteiger partial charge >= 0.3 is 12.0 Å². The molecular formula is C12H24N2O3. The molecule has 0 radical (unpaired) electrons. The summed E-state index contributed by atoms with van der Waals surface area (Å²) in [6, 6.07) is -0.158. The minimum absolute atomic E-state index is 0.0606. The molecule has 0 aliphatic carbocycles. The topological polar surface area (TPSA) is 69.6 Å². The van der Waals surface area contributed by atoms with E-state index in [1.807, 2.05) is 20.8 Å². The molecular weight excluding hydrogens is 220 g/mol. The van der Waals surface area contributed by atoms with Crippen LogP contribution in [0, 0.1) is 5.92 Å². The van der Waals surface area contributed by atoms with Crippen LogP contribution in [0.25, 0.3) is 0 Å². The Bertz CT molecular complexity index is 277. The third kappa shape index (κ3) is 5.56. The molecule has 0 heterocycles. The van der Waals surface area contributed by atoms with Crippen molar-refractivity contribution < 1.29 is 14.7 Å². The molecule has 0 aromatic rings. The maximum Gasteiger partial charge on any atom is 0.317 e. The van der Waals surface area contributed by atoms with Gasteiger partial charge in [0.05, 0.1) is 0 Å². The number of carbonyl (C=O) groups excluding carboxylic acids is 1. The minimum atomic E-state index is -0.839. The molecule has 0 spiro atoms. The van der Waals surface area contributed by atoms with Crippen molar-refractivity contribution in [2.24, 2.45) is 5.92 Å². The second kappa shape index (κ2) is 6.47. The molecule has 0 aromatic heterocycles. The number of hydrogen-bond acceptors (Lipinski definition) is 2. The predicted octanol–water partition coefficient (Wildman–Crippen LogP) is 1.93. The summed E-state index contributed by atoms with van der Waals surface area (Å²) >= 11 is 0. The lowest BCUT2D eigenvalue weighted by molar-refractivity contribution is -0.137. The van der Waals surface area contributed by atoms with Gasteiger partial charge in [-0.05, 0) is 26.2 Å². The Morgan fingerprint density at radius 3 is 2.35 bits per heavy atom. The Morgan fingerprint density at radius 1 is 1.41 bits per heavy atom. The fourth-order valence-electron chi connectivity index (χ4n) is 1.26. The van der Waals surface area contributed by atoms with Gasteiger partial charge in [-0.25, -0.2) is 4.79 Å². The average molecular weight is 244 g/mol.